The van der Waals surface area contributed by atoms with E-state index < -0.39 is 23.7 Å². The maximum atomic E-state index is 12.2. The first kappa shape index (κ1) is 19.9. The predicted molar refractivity (Wildman–Crippen MR) is 105 cm³/mol. The second-order valence-corrected chi connectivity index (χ2v) is 7.78. The van der Waals surface area contributed by atoms with E-state index in [1.807, 2.05) is 57.2 Å². The van der Waals surface area contributed by atoms with Crippen LogP contribution in [0.1, 0.15) is 37.8 Å². The highest BCUT2D eigenvalue weighted by Gasteiger charge is 2.30. The summed E-state index contributed by atoms with van der Waals surface area (Å²) < 4.78 is 10.9. The van der Waals surface area contributed by atoms with Gasteiger partial charge in [-0.25, -0.2) is 9.59 Å². The standard InChI is InChI=1S/C22H25NO5/c1-22(2,3)28-13-19(20(24)25)23-21(26)27-12-18-16-10-6-4-8-14(16)15-9-5-7-11-17(15)18/h4-11,18-19H,12-13H2,1-3H3,(H,23,26)(H,24,25)/t19-/m0/s1/i20+1. The average molecular weight is 384 g/mol. The molecule has 0 aromatic heterocycles. The number of rotatable bonds is 6. The van der Waals surface area contributed by atoms with Crippen molar-refractivity contribution in [3.8, 4) is 11.1 Å². The molecule has 0 aliphatic heterocycles. The normalized spacial score (nSPS) is 14.1. The summed E-state index contributed by atoms with van der Waals surface area (Å²) in [6.07, 6.45) is -0.772. The van der Waals surface area contributed by atoms with Gasteiger partial charge in [0.05, 0.1) is 12.2 Å². The average Bonchev–Trinajstić information content (AvgIpc) is 2.96. The number of benzene rings is 2. The molecule has 6 nitrogen and oxygen atoms in total. The fourth-order valence-corrected chi connectivity index (χ4v) is 3.29. The lowest BCUT2D eigenvalue weighted by Crippen LogP contribution is -2.45. The molecule has 0 fully saturated rings. The zero-order chi connectivity index (χ0) is 20.3. The minimum atomic E-state index is -1.17. The van der Waals surface area contributed by atoms with E-state index in [1.165, 1.54) is 0 Å². The number of aliphatic carboxylic acids is 1. The number of carboxylic acids is 1. The molecule has 3 rings (SSSR count). The summed E-state index contributed by atoms with van der Waals surface area (Å²) in [5.74, 6) is -1.25. The van der Waals surface area contributed by atoms with Crippen LogP contribution in [0.3, 0.4) is 0 Å². The number of nitrogens with one attached hydrogen (secondary N) is 1. The summed E-state index contributed by atoms with van der Waals surface area (Å²) in [5.41, 5.74) is 3.96. The van der Waals surface area contributed by atoms with Crippen LogP contribution >= 0.6 is 0 Å². The second kappa shape index (κ2) is 8.02. The Balaban J connectivity index is 1.65. The van der Waals surface area contributed by atoms with E-state index in [4.69, 9.17) is 9.47 Å². The smallest absolute Gasteiger partial charge is 0.407 e. The maximum absolute atomic E-state index is 12.2. The van der Waals surface area contributed by atoms with Crippen LogP contribution < -0.4 is 5.32 Å². The Morgan fingerprint density at radius 1 is 1.04 bits per heavy atom. The highest BCUT2D eigenvalue weighted by atomic mass is 16.6. The van der Waals surface area contributed by atoms with Crippen LogP contribution in [0.5, 0.6) is 0 Å². The number of alkyl carbamates (subject to hydrolysis) is 1. The van der Waals surface area contributed by atoms with Crippen LogP contribution in [0.2, 0.25) is 0 Å². The molecule has 0 heterocycles. The van der Waals surface area contributed by atoms with Gasteiger partial charge in [-0.05, 0) is 43.0 Å². The van der Waals surface area contributed by atoms with E-state index in [0.29, 0.717) is 0 Å². The van der Waals surface area contributed by atoms with Crippen molar-refractivity contribution in [3.63, 3.8) is 0 Å². The zero-order valence-electron chi connectivity index (χ0n) is 16.3. The quantitative estimate of drug-likeness (QED) is 0.740. The lowest BCUT2D eigenvalue weighted by molar-refractivity contribution is -0.142. The lowest BCUT2D eigenvalue weighted by atomic mass is 9.98. The Kier molecular flexibility index (Phi) is 5.70. The third kappa shape index (κ3) is 4.51. The van der Waals surface area contributed by atoms with E-state index in [0.717, 1.165) is 22.3 Å². The molecule has 0 bridgehead atoms. The van der Waals surface area contributed by atoms with Crippen molar-refractivity contribution in [2.45, 2.75) is 38.3 Å². The fraction of sp³-hybridized carbons (Fsp3) is 0.364. The molecule has 0 saturated heterocycles. The molecule has 28 heavy (non-hydrogen) atoms. The van der Waals surface area contributed by atoms with Gasteiger partial charge in [-0.3, -0.25) is 0 Å². The van der Waals surface area contributed by atoms with Crippen molar-refractivity contribution in [1.29, 1.82) is 0 Å². The number of hydrogen-bond acceptors (Lipinski definition) is 4. The van der Waals surface area contributed by atoms with Gasteiger partial charge in [0, 0.05) is 5.92 Å². The first-order valence-electron chi connectivity index (χ1n) is 9.24. The van der Waals surface area contributed by atoms with E-state index in [-0.39, 0.29) is 19.1 Å². The van der Waals surface area contributed by atoms with Gasteiger partial charge in [-0.15, -0.1) is 0 Å². The van der Waals surface area contributed by atoms with Gasteiger partial charge >= 0.3 is 12.1 Å². The Morgan fingerprint density at radius 2 is 1.57 bits per heavy atom. The van der Waals surface area contributed by atoms with Crippen molar-refractivity contribution in [2.75, 3.05) is 13.2 Å². The van der Waals surface area contributed by atoms with Crippen LogP contribution in [0.25, 0.3) is 11.1 Å². The Labute approximate surface area is 164 Å². The van der Waals surface area contributed by atoms with Gasteiger partial charge < -0.3 is 19.9 Å². The molecule has 0 radical (unpaired) electrons. The van der Waals surface area contributed by atoms with Crippen LogP contribution in [0.15, 0.2) is 48.5 Å². The molecule has 0 unspecified atom stereocenters. The Morgan fingerprint density at radius 3 is 2.07 bits per heavy atom. The van der Waals surface area contributed by atoms with E-state index in [1.54, 1.807) is 0 Å². The summed E-state index contributed by atoms with van der Waals surface area (Å²) in [4.78, 5) is 23.6. The van der Waals surface area contributed by atoms with E-state index >= 15 is 0 Å². The first-order valence-corrected chi connectivity index (χ1v) is 9.24. The molecule has 6 heteroatoms. The van der Waals surface area contributed by atoms with Gasteiger partial charge in [-0.2, -0.15) is 0 Å². The number of hydrogen-bond donors (Lipinski definition) is 2. The number of carbonyl (C=O) groups is 2. The first-order chi connectivity index (χ1) is 13.3. The summed E-state index contributed by atoms with van der Waals surface area (Å²) >= 11 is 0. The molecule has 0 saturated carbocycles. The Bertz CT molecular complexity index is 826. The topological polar surface area (TPSA) is 84.9 Å². The SMILES string of the molecule is CC(C)(C)OC[C@H](NC(=O)OCC1c2ccccc2-c2ccccc21)[13C](=O)O. The molecule has 1 amide bonds. The van der Waals surface area contributed by atoms with Crippen LogP contribution in [0, 0.1) is 0 Å². The zero-order valence-corrected chi connectivity index (χ0v) is 16.3. The van der Waals surface area contributed by atoms with Crippen LogP contribution in [-0.4, -0.2) is 42.0 Å². The van der Waals surface area contributed by atoms with Crippen molar-refractivity contribution in [1.82, 2.24) is 5.32 Å². The Hall–Kier alpha value is -2.86. The highest BCUT2D eigenvalue weighted by molar-refractivity contribution is 5.81. The molecule has 1 aliphatic carbocycles. The largest absolute Gasteiger partial charge is 0.480 e. The predicted octanol–water partition coefficient (Wildman–Crippen LogP) is 3.79. The van der Waals surface area contributed by atoms with Crippen molar-refractivity contribution in [3.05, 3.63) is 59.7 Å². The van der Waals surface area contributed by atoms with E-state index in [2.05, 4.69) is 17.4 Å². The summed E-state index contributed by atoms with van der Waals surface area (Å²) in [6.45, 7) is 5.45. The third-order valence-electron chi connectivity index (χ3n) is 4.62. The van der Waals surface area contributed by atoms with Crippen LogP contribution in [0.4, 0.5) is 4.79 Å². The van der Waals surface area contributed by atoms with Crippen molar-refractivity contribution in [2.24, 2.45) is 0 Å². The molecule has 2 N–H and O–H groups in total. The number of carboxylic acid groups (broad SMARTS) is 1. The van der Waals surface area contributed by atoms with Gasteiger partial charge in [-0.1, -0.05) is 48.5 Å². The number of carbonyl (C=O) groups excluding carboxylic acids is 1. The molecular weight excluding hydrogens is 359 g/mol. The molecule has 1 aliphatic rings. The van der Waals surface area contributed by atoms with E-state index in [9.17, 15) is 14.7 Å². The van der Waals surface area contributed by atoms with Gasteiger partial charge in [0.2, 0.25) is 0 Å². The minimum absolute atomic E-state index is 0.0766. The lowest BCUT2D eigenvalue weighted by Gasteiger charge is -2.23. The third-order valence-corrected chi connectivity index (χ3v) is 4.62. The molecule has 0 spiro atoms. The highest BCUT2D eigenvalue weighted by Crippen LogP contribution is 2.44. The molecule has 2 aromatic rings. The maximum Gasteiger partial charge on any atom is 0.407 e. The van der Waals surface area contributed by atoms with Crippen molar-refractivity contribution >= 4 is 12.1 Å². The van der Waals surface area contributed by atoms with Crippen LogP contribution in [-0.2, 0) is 14.3 Å². The summed E-state index contributed by atoms with van der Waals surface area (Å²) in [5, 5.41) is 11.7. The van der Waals surface area contributed by atoms with Gasteiger partial charge in [0.1, 0.15) is 6.61 Å². The fourth-order valence-electron chi connectivity index (χ4n) is 3.29. The minimum Gasteiger partial charge on any atom is -0.480 e. The summed E-state index contributed by atoms with van der Waals surface area (Å²) in [6, 6.07) is 14.9. The molecule has 148 valence electrons. The number of amides is 1. The second-order valence-electron chi connectivity index (χ2n) is 7.78. The monoisotopic (exact) mass is 384 g/mol. The summed E-state index contributed by atoms with van der Waals surface area (Å²) in [7, 11) is 0. The van der Waals surface area contributed by atoms with Gasteiger partial charge in [0.15, 0.2) is 6.04 Å². The van der Waals surface area contributed by atoms with Crippen molar-refractivity contribution < 1.29 is 24.2 Å². The number of fused-ring (bicyclic) bond motifs is 3. The number of ether oxygens (including phenoxy) is 2. The molecular formula is C22H25NO5. The van der Waals surface area contributed by atoms with Gasteiger partial charge in [0.25, 0.3) is 0 Å². The molecule has 2 aromatic carbocycles. The molecule has 1 atom stereocenters.